The summed E-state index contributed by atoms with van der Waals surface area (Å²) in [5, 5.41) is 4.45. The third kappa shape index (κ3) is 2.97. The predicted molar refractivity (Wildman–Crippen MR) is 77.2 cm³/mol. The van der Waals surface area contributed by atoms with Crippen LogP contribution in [0.2, 0.25) is 0 Å². The van der Waals surface area contributed by atoms with Crippen molar-refractivity contribution in [2.24, 2.45) is 12.9 Å². The number of pyridine rings is 1. The van der Waals surface area contributed by atoms with Gasteiger partial charge >= 0.3 is 0 Å². The summed E-state index contributed by atoms with van der Waals surface area (Å²) in [5.74, 6) is 6.46. The van der Waals surface area contributed by atoms with Gasteiger partial charge in [-0.05, 0) is 31.0 Å². The van der Waals surface area contributed by atoms with Crippen molar-refractivity contribution in [3.8, 4) is 5.75 Å². The molecule has 2 heterocycles. The van der Waals surface area contributed by atoms with Crippen molar-refractivity contribution in [1.82, 2.24) is 20.2 Å². The predicted octanol–water partition coefficient (Wildman–Crippen LogP) is 1.33. The highest BCUT2D eigenvalue weighted by molar-refractivity contribution is 5.32. The lowest BCUT2D eigenvalue weighted by atomic mass is 10.1. The largest absolute Gasteiger partial charge is 0.492 e. The summed E-state index contributed by atoms with van der Waals surface area (Å²) in [6, 6.07) is 3.83. The van der Waals surface area contributed by atoms with Crippen LogP contribution in [0.5, 0.6) is 5.75 Å². The Morgan fingerprint density at radius 2 is 2.15 bits per heavy atom. The second kappa shape index (κ2) is 6.49. The molecule has 0 amide bonds. The van der Waals surface area contributed by atoms with E-state index in [9.17, 15) is 0 Å². The zero-order valence-corrected chi connectivity index (χ0v) is 12.1. The second-order valence-electron chi connectivity index (χ2n) is 4.52. The summed E-state index contributed by atoms with van der Waals surface area (Å²) in [6.07, 6.45) is 4.37. The van der Waals surface area contributed by atoms with Crippen LogP contribution in [0.1, 0.15) is 36.8 Å². The molecule has 6 heteroatoms. The summed E-state index contributed by atoms with van der Waals surface area (Å²) in [4.78, 5) is 4.20. The minimum Gasteiger partial charge on any atom is -0.492 e. The molecule has 6 nitrogen and oxygen atoms in total. The molecule has 0 radical (unpaired) electrons. The summed E-state index contributed by atoms with van der Waals surface area (Å²) in [6.45, 7) is 4.63. The normalized spacial score (nSPS) is 12.4. The van der Waals surface area contributed by atoms with E-state index in [1.165, 1.54) is 0 Å². The average Bonchev–Trinajstić information content (AvgIpc) is 2.82. The van der Waals surface area contributed by atoms with Gasteiger partial charge in [-0.2, -0.15) is 5.10 Å². The van der Waals surface area contributed by atoms with E-state index in [1.807, 2.05) is 24.7 Å². The molecule has 1 unspecified atom stereocenters. The van der Waals surface area contributed by atoms with Gasteiger partial charge in [-0.3, -0.25) is 15.5 Å². The van der Waals surface area contributed by atoms with Crippen molar-refractivity contribution in [3.63, 3.8) is 0 Å². The number of ether oxygens (including phenoxy) is 1. The number of hydrogen-bond donors (Lipinski definition) is 2. The van der Waals surface area contributed by atoms with E-state index in [-0.39, 0.29) is 6.04 Å². The summed E-state index contributed by atoms with van der Waals surface area (Å²) < 4.78 is 7.32. The first-order chi connectivity index (χ1) is 9.69. The molecule has 0 spiro atoms. The Morgan fingerprint density at radius 3 is 2.75 bits per heavy atom. The first-order valence-electron chi connectivity index (χ1n) is 6.76. The molecule has 0 aliphatic rings. The highest BCUT2D eigenvalue weighted by Gasteiger charge is 2.18. The molecule has 2 aromatic rings. The first kappa shape index (κ1) is 14.5. The van der Waals surface area contributed by atoms with Crippen LogP contribution >= 0.6 is 0 Å². The van der Waals surface area contributed by atoms with E-state index < -0.39 is 0 Å². The number of hydrogen-bond acceptors (Lipinski definition) is 5. The molecule has 1 atom stereocenters. The zero-order chi connectivity index (χ0) is 14.5. The van der Waals surface area contributed by atoms with E-state index in [4.69, 9.17) is 10.6 Å². The van der Waals surface area contributed by atoms with E-state index >= 15 is 0 Å². The lowest BCUT2D eigenvalue weighted by Crippen LogP contribution is -2.30. The summed E-state index contributed by atoms with van der Waals surface area (Å²) in [5.41, 5.74) is 5.81. The Hall–Kier alpha value is -1.92. The fourth-order valence-corrected chi connectivity index (χ4v) is 2.18. The Morgan fingerprint density at radius 1 is 1.35 bits per heavy atom. The van der Waals surface area contributed by atoms with Crippen molar-refractivity contribution >= 4 is 0 Å². The van der Waals surface area contributed by atoms with E-state index in [0.29, 0.717) is 6.61 Å². The van der Waals surface area contributed by atoms with Gasteiger partial charge in [0.2, 0.25) is 0 Å². The fourth-order valence-electron chi connectivity index (χ4n) is 2.18. The molecule has 0 aliphatic carbocycles. The van der Waals surface area contributed by atoms with Crippen LogP contribution in [-0.2, 0) is 13.5 Å². The molecule has 3 N–H and O–H groups in total. The SMILES string of the molecule is CCOc1cncc(C(NN)c2cc(CC)nn2C)c1. The standard InChI is InChI=1S/C14H21N5O/c1-4-11-7-13(19(3)18-11)14(17-15)10-6-12(20-5-2)9-16-8-10/h6-9,14,17H,4-5,15H2,1-3H3. The molecular formula is C14H21N5O. The molecule has 0 aromatic carbocycles. The Kier molecular flexibility index (Phi) is 4.70. The molecule has 0 saturated heterocycles. The average molecular weight is 275 g/mol. The van der Waals surface area contributed by atoms with Crippen LogP contribution in [0, 0.1) is 0 Å². The monoisotopic (exact) mass is 275 g/mol. The van der Waals surface area contributed by atoms with Crippen LogP contribution < -0.4 is 16.0 Å². The number of aromatic nitrogens is 3. The quantitative estimate of drug-likeness (QED) is 0.614. The molecule has 2 aromatic heterocycles. The van der Waals surface area contributed by atoms with Gasteiger partial charge in [0, 0.05) is 13.2 Å². The molecule has 0 fully saturated rings. The van der Waals surface area contributed by atoms with E-state index in [1.54, 1.807) is 12.4 Å². The third-order valence-electron chi connectivity index (χ3n) is 3.17. The molecule has 20 heavy (non-hydrogen) atoms. The smallest absolute Gasteiger partial charge is 0.137 e. The van der Waals surface area contributed by atoms with E-state index in [0.717, 1.165) is 29.1 Å². The third-order valence-corrected chi connectivity index (χ3v) is 3.17. The molecule has 0 saturated carbocycles. The van der Waals surface area contributed by atoms with Gasteiger partial charge in [0.05, 0.1) is 30.2 Å². The van der Waals surface area contributed by atoms with Crippen LogP contribution in [0.4, 0.5) is 0 Å². The maximum Gasteiger partial charge on any atom is 0.137 e. The van der Waals surface area contributed by atoms with Crippen molar-refractivity contribution in [2.45, 2.75) is 26.3 Å². The van der Waals surface area contributed by atoms with E-state index in [2.05, 4.69) is 28.5 Å². The molecule has 0 aliphatic heterocycles. The van der Waals surface area contributed by atoms with Gasteiger partial charge in [-0.25, -0.2) is 5.43 Å². The number of nitrogens with zero attached hydrogens (tertiary/aromatic N) is 3. The lowest BCUT2D eigenvalue weighted by Gasteiger charge is -2.17. The second-order valence-corrected chi connectivity index (χ2v) is 4.52. The van der Waals surface area contributed by atoms with Crippen LogP contribution in [0.3, 0.4) is 0 Å². The van der Waals surface area contributed by atoms with Crippen molar-refractivity contribution in [1.29, 1.82) is 0 Å². The van der Waals surface area contributed by atoms with Crippen LogP contribution in [0.25, 0.3) is 0 Å². The van der Waals surface area contributed by atoms with Gasteiger partial charge in [0.15, 0.2) is 0 Å². The number of nitrogens with two attached hydrogens (primary N) is 1. The topological polar surface area (TPSA) is 78.0 Å². The molecule has 0 bridgehead atoms. The summed E-state index contributed by atoms with van der Waals surface area (Å²) >= 11 is 0. The number of rotatable bonds is 6. The minimum absolute atomic E-state index is 0.166. The molecule has 108 valence electrons. The molecule has 2 rings (SSSR count). The first-order valence-corrected chi connectivity index (χ1v) is 6.76. The highest BCUT2D eigenvalue weighted by atomic mass is 16.5. The minimum atomic E-state index is -0.166. The summed E-state index contributed by atoms with van der Waals surface area (Å²) in [7, 11) is 1.92. The maximum atomic E-state index is 5.72. The van der Waals surface area contributed by atoms with Gasteiger partial charge in [0.1, 0.15) is 5.75 Å². The maximum absolute atomic E-state index is 5.72. The molecular weight excluding hydrogens is 254 g/mol. The van der Waals surface area contributed by atoms with Crippen LogP contribution in [-0.4, -0.2) is 21.4 Å². The fraction of sp³-hybridized carbons (Fsp3) is 0.429. The number of aryl methyl sites for hydroxylation is 2. The van der Waals surface area contributed by atoms with Gasteiger partial charge < -0.3 is 4.74 Å². The van der Waals surface area contributed by atoms with Crippen molar-refractivity contribution < 1.29 is 4.74 Å². The van der Waals surface area contributed by atoms with Gasteiger partial charge in [-0.1, -0.05) is 6.92 Å². The van der Waals surface area contributed by atoms with Crippen molar-refractivity contribution in [2.75, 3.05) is 6.61 Å². The van der Waals surface area contributed by atoms with Crippen molar-refractivity contribution in [3.05, 3.63) is 41.5 Å². The number of nitrogens with one attached hydrogen (secondary N) is 1. The Bertz CT molecular complexity index is 566. The lowest BCUT2D eigenvalue weighted by molar-refractivity contribution is 0.338. The highest BCUT2D eigenvalue weighted by Crippen LogP contribution is 2.24. The Labute approximate surface area is 118 Å². The van der Waals surface area contributed by atoms with Gasteiger partial charge in [-0.15, -0.1) is 0 Å². The Balaban J connectivity index is 2.35. The van der Waals surface area contributed by atoms with Gasteiger partial charge in [0.25, 0.3) is 0 Å². The van der Waals surface area contributed by atoms with Crippen LogP contribution in [0.15, 0.2) is 24.5 Å². The number of hydrazine groups is 1. The zero-order valence-electron chi connectivity index (χ0n) is 12.1.